The third-order valence-electron chi connectivity index (χ3n) is 3.00. The number of esters is 1. The van der Waals surface area contributed by atoms with Crippen LogP contribution in [0, 0.1) is 0 Å². The minimum absolute atomic E-state index is 0.354. The lowest BCUT2D eigenvalue weighted by Gasteiger charge is -2.07. The highest BCUT2D eigenvalue weighted by atomic mass is 32.2. The van der Waals surface area contributed by atoms with Crippen molar-refractivity contribution in [2.24, 2.45) is 5.73 Å². The lowest BCUT2D eigenvalue weighted by atomic mass is 10.2. The monoisotopic (exact) mass is 305 g/mol. The summed E-state index contributed by atoms with van der Waals surface area (Å²) in [6.45, 7) is 0. The number of para-hydroxylation sites is 1. The molecule has 1 unspecified atom stereocenters. The molecule has 21 heavy (non-hydrogen) atoms. The van der Waals surface area contributed by atoms with Crippen LogP contribution in [0.4, 0.5) is 0 Å². The van der Waals surface area contributed by atoms with Crippen molar-refractivity contribution >= 4 is 17.7 Å². The molecule has 0 spiro atoms. The molecule has 0 bridgehead atoms. The Morgan fingerprint density at radius 2 is 2.19 bits per heavy atom. The Kier molecular flexibility index (Phi) is 5.83. The molecule has 1 aromatic heterocycles. The number of carbonyl (C=O) groups is 1. The van der Waals surface area contributed by atoms with Crippen LogP contribution in [0.2, 0.25) is 0 Å². The number of hydrogen-bond acceptors (Lipinski definition) is 5. The normalized spacial score (nSPS) is 12.1. The first-order chi connectivity index (χ1) is 10.2. The molecule has 0 fully saturated rings. The van der Waals surface area contributed by atoms with Crippen LogP contribution in [0.15, 0.2) is 42.7 Å². The molecule has 2 aromatic rings. The number of hydrogen-bond donors (Lipinski definition) is 1. The molecule has 112 valence electrons. The number of nitrogens with zero attached hydrogens (tertiary/aromatic N) is 2. The second kappa shape index (κ2) is 7.85. The Hall–Kier alpha value is -1.79. The summed E-state index contributed by atoms with van der Waals surface area (Å²) in [7, 11) is 1.35. The molecule has 0 aliphatic carbocycles. The van der Waals surface area contributed by atoms with Gasteiger partial charge in [-0.2, -0.15) is 16.9 Å². The predicted molar refractivity (Wildman–Crippen MR) is 84.3 cm³/mol. The lowest BCUT2D eigenvalue weighted by molar-refractivity contribution is -0.142. The largest absolute Gasteiger partial charge is 0.468 e. The van der Waals surface area contributed by atoms with E-state index in [2.05, 4.69) is 9.84 Å². The molecule has 0 aliphatic heterocycles. The van der Waals surface area contributed by atoms with Crippen LogP contribution in [-0.2, 0) is 15.3 Å². The van der Waals surface area contributed by atoms with Crippen LogP contribution in [0.1, 0.15) is 12.0 Å². The van der Waals surface area contributed by atoms with Crippen LogP contribution in [-0.4, -0.2) is 34.7 Å². The summed E-state index contributed by atoms with van der Waals surface area (Å²) in [5.41, 5.74) is 7.87. The summed E-state index contributed by atoms with van der Waals surface area (Å²) in [6.07, 6.45) is 4.49. The van der Waals surface area contributed by atoms with E-state index in [0.29, 0.717) is 6.42 Å². The predicted octanol–water partition coefficient (Wildman–Crippen LogP) is 2.00. The Morgan fingerprint density at radius 3 is 2.90 bits per heavy atom. The van der Waals surface area contributed by atoms with Crippen LogP contribution in [0.5, 0.6) is 0 Å². The Labute approximate surface area is 128 Å². The molecule has 1 heterocycles. The molecule has 0 saturated carbocycles. The van der Waals surface area contributed by atoms with E-state index < -0.39 is 6.04 Å². The number of ether oxygens (including phenoxy) is 1. The first-order valence-electron chi connectivity index (χ1n) is 6.71. The van der Waals surface area contributed by atoms with Crippen molar-refractivity contribution in [3.05, 3.63) is 48.3 Å². The van der Waals surface area contributed by atoms with Gasteiger partial charge in [-0.05, 0) is 24.3 Å². The second-order valence-electron chi connectivity index (χ2n) is 4.60. The summed E-state index contributed by atoms with van der Waals surface area (Å²) in [6, 6.07) is 9.45. The van der Waals surface area contributed by atoms with Gasteiger partial charge in [-0.25, -0.2) is 4.68 Å². The standard InChI is InChI=1S/C15H19N3O2S/c1-20-15(19)14(16)7-8-21-11-12-9-17-18(10-12)13-5-3-2-4-6-13/h2-6,9-10,14H,7-8,11,16H2,1H3. The smallest absolute Gasteiger partial charge is 0.322 e. The first-order valence-corrected chi connectivity index (χ1v) is 7.86. The molecule has 1 aromatic carbocycles. The molecular weight excluding hydrogens is 286 g/mol. The Balaban J connectivity index is 1.77. The van der Waals surface area contributed by atoms with Gasteiger partial charge in [-0.15, -0.1) is 0 Å². The van der Waals surface area contributed by atoms with Gasteiger partial charge in [0.25, 0.3) is 0 Å². The first kappa shape index (κ1) is 15.6. The summed E-state index contributed by atoms with van der Waals surface area (Å²) in [5, 5.41) is 4.35. The fraction of sp³-hybridized carbons (Fsp3) is 0.333. The van der Waals surface area contributed by atoms with E-state index in [1.165, 1.54) is 7.11 Å². The van der Waals surface area contributed by atoms with Crippen LogP contribution >= 0.6 is 11.8 Å². The van der Waals surface area contributed by atoms with Gasteiger partial charge < -0.3 is 10.5 Å². The summed E-state index contributed by atoms with van der Waals surface area (Å²) in [5.74, 6) is 1.31. The topological polar surface area (TPSA) is 70.1 Å². The molecule has 0 radical (unpaired) electrons. The van der Waals surface area contributed by atoms with E-state index in [1.54, 1.807) is 11.8 Å². The van der Waals surface area contributed by atoms with Crippen molar-refractivity contribution in [1.29, 1.82) is 0 Å². The van der Waals surface area contributed by atoms with Gasteiger partial charge in [0, 0.05) is 17.5 Å². The zero-order chi connectivity index (χ0) is 15.1. The van der Waals surface area contributed by atoms with Gasteiger partial charge in [-0.1, -0.05) is 18.2 Å². The Morgan fingerprint density at radius 1 is 1.43 bits per heavy atom. The SMILES string of the molecule is COC(=O)C(N)CCSCc1cnn(-c2ccccc2)c1. The number of thioether (sulfide) groups is 1. The van der Waals surface area contributed by atoms with E-state index in [1.807, 2.05) is 47.4 Å². The number of carbonyl (C=O) groups excluding carboxylic acids is 1. The van der Waals surface area contributed by atoms with E-state index in [9.17, 15) is 4.79 Å². The number of rotatable bonds is 7. The molecule has 2 N–H and O–H groups in total. The molecular formula is C15H19N3O2S. The van der Waals surface area contributed by atoms with Crippen molar-refractivity contribution in [3.8, 4) is 5.69 Å². The summed E-state index contributed by atoms with van der Waals surface area (Å²) >= 11 is 1.73. The second-order valence-corrected chi connectivity index (χ2v) is 5.70. The summed E-state index contributed by atoms with van der Waals surface area (Å²) in [4.78, 5) is 11.2. The quantitative estimate of drug-likeness (QED) is 0.626. The number of methoxy groups -OCH3 is 1. The van der Waals surface area contributed by atoms with E-state index in [4.69, 9.17) is 5.73 Å². The van der Waals surface area contributed by atoms with Gasteiger partial charge in [0.1, 0.15) is 6.04 Å². The molecule has 0 saturated heterocycles. The van der Waals surface area contributed by atoms with Crippen molar-refractivity contribution in [3.63, 3.8) is 0 Å². The maximum Gasteiger partial charge on any atom is 0.322 e. The van der Waals surface area contributed by atoms with Crippen molar-refractivity contribution in [2.75, 3.05) is 12.9 Å². The minimum atomic E-state index is -0.533. The van der Waals surface area contributed by atoms with Crippen LogP contribution in [0.3, 0.4) is 0 Å². The molecule has 6 heteroatoms. The zero-order valence-corrected chi connectivity index (χ0v) is 12.8. The lowest BCUT2D eigenvalue weighted by Crippen LogP contribution is -2.31. The fourth-order valence-corrected chi connectivity index (χ4v) is 2.78. The van der Waals surface area contributed by atoms with Crippen molar-refractivity contribution < 1.29 is 9.53 Å². The number of benzene rings is 1. The van der Waals surface area contributed by atoms with E-state index >= 15 is 0 Å². The molecule has 1 atom stereocenters. The Bertz CT molecular complexity index is 571. The highest BCUT2D eigenvalue weighted by Crippen LogP contribution is 2.15. The molecule has 0 aliphatic rings. The highest BCUT2D eigenvalue weighted by Gasteiger charge is 2.12. The third kappa shape index (κ3) is 4.61. The number of aromatic nitrogens is 2. The minimum Gasteiger partial charge on any atom is -0.468 e. The van der Waals surface area contributed by atoms with Crippen LogP contribution < -0.4 is 5.73 Å². The molecule has 2 rings (SSSR count). The zero-order valence-electron chi connectivity index (χ0n) is 11.9. The summed E-state index contributed by atoms with van der Waals surface area (Å²) < 4.78 is 6.45. The van der Waals surface area contributed by atoms with Gasteiger partial charge in [0.05, 0.1) is 19.0 Å². The van der Waals surface area contributed by atoms with E-state index in [-0.39, 0.29) is 5.97 Å². The number of nitrogens with two attached hydrogens (primary N) is 1. The molecule has 0 amide bonds. The van der Waals surface area contributed by atoms with Gasteiger partial charge in [0.2, 0.25) is 0 Å². The maximum absolute atomic E-state index is 11.2. The fourth-order valence-electron chi connectivity index (χ4n) is 1.83. The maximum atomic E-state index is 11.2. The van der Waals surface area contributed by atoms with Crippen molar-refractivity contribution in [2.45, 2.75) is 18.2 Å². The third-order valence-corrected chi connectivity index (χ3v) is 4.06. The van der Waals surface area contributed by atoms with Crippen molar-refractivity contribution in [1.82, 2.24) is 9.78 Å². The highest BCUT2D eigenvalue weighted by molar-refractivity contribution is 7.98. The van der Waals surface area contributed by atoms with Gasteiger partial charge >= 0.3 is 5.97 Å². The van der Waals surface area contributed by atoms with Gasteiger partial charge in [-0.3, -0.25) is 4.79 Å². The van der Waals surface area contributed by atoms with E-state index in [0.717, 1.165) is 22.8 Å². The average molecular weight is 305 g/mol. The molecule has 5 nitrogen and oxygen atoms in total. The van der Waals surface area contributed by atoms with Crippen LogP contribution in [0.25, 0.3) is 5.69 Å². The average Bonchev–Trinajstić information content (AvgIpc) is 3.00. The van der Waals surface area contributed by atoms with Gasteiger partial charge in [0.15, 0.2) is 0 Å².